The summed E-state index contributed by atoms with van der Waals surface area (Å²) in [4.78, 5) is 11.2. The molecule has 5 nitrogen and oxygen atoms in total. The van der Waals surface area contributed by atoms with E-state index in [2.05, 4.69) is 20.8 Å². The molecule has 0 unspecified atom stereocenters. The Morgan fingerprint density at radius 2 is 1.74 bits per heavy atom. The third-order valence-corrected chi connectivity index (χ3v) is 2.62. The highest BCUT2D eigenvalue weighted by Crippen LogP contribution is 2.17. The van der Waals surface area contributed by atoms with Crippen molar-refractivity contribution in [2.24, 2.45) is 0 Å². The molecule has 2 rings (SSSR count). The Morgan fingerprint density at radius 3 is 2.32 bits per heavy atom. The average molecular weight is 277 g/mol. The van der Waals surface area contributed by atoms with Gasteiger partial charge in [-0.3, -0.25) is 4.79 Å². The maximum Gasteiger partial charge on any atom is 0.225 e. The second-order valence-corrected chi connectivity index (χ2v) is 4.27. The van der Waals surface area contributed by atoms with Crippen LogP contribution in [0, 0.1) is 0 Å². The van der Waals surface area contributed by atoms with Gasteiger partial charge in [-0.15, -0.1) is 10.2 Å². The van der Waals surface area contributed by atoms with Crippen molar-refractivity contribution in [2.45, 2.75) is 13.3 Å². The van der Waals surface area contributed by atoms with Gasteiger partial charge in [0.25, 0.3) is 0 Å². The van der Waals surface area contributed by atoms with Gasteiger partial charge in [-0.2, -0.15) is 0 Å². The molecule has 0 atom stereocenters. The molecule has 1 heterocycles. The molecule has 98 valence electrons. The maximum absolute atomic E-state index is 11.2. The first-order chi connectivity index (χ1) is 9.17. The van der Waals surface area contributed by atoms with Gasteiger partial charge in [-0.25, -0.2) is 0 Å². The minimum atomic E-state index is -0.0901. The van der Waals surface area contributed by atoms with Gasteiger partial charge in [0, 0.05) is 17.1 Å². The Bertz CT molecular complexity index is 554. The van der Waals surface area contributed by atoms with E-state index >= 15 is 0 Å². The molecule has 19 heavy (non-hydrogen) atoms. The van der Waals surface area contributed by atoms with Crippen LogP contribution >= 0.6 is 11.6 Å². The molecule has 0 radical (unpaired) electrons. The number of hydrogen-bond acceptors (Lipinski definition) is 4. The van der Waals surface area contributed by atoms with Crippen molar-refractivity contribution in [1.82, 2.24) is 10.2 Å². The summed E-state index contributed by atoms with van der Waals surface area (Å²) in [7, 11) is 0. The van der Waals surface area contributed by atoms with E-state index in [1.54, 1.807) is 31.2 Å². The number of carbonyl (C=O) groups excluding carboxylic acids is 1. The van der Waals surface area contributed by atoms with Gasteiger partial charge in [0.2, 0.25) is 5.91 Å². The molecular formula is C13H13ClN4O. The zero-order valence-electron chi connectivity index (χ0n) is 10.4. The number of carbonyl (C=O) groups is 1. The summed E-state index contributed by atoms with van der Waals surface area (Å²) >= 11 is 5.80. The lowest BCUT2D eigenvalue weighted by Crippen LogP contribution is -2.11. The Kier molecular flexibility index (Phi) is 4.30. The highest BCUT2D eigenvalue weighted by atomic mass is 35.5. The predicted octanol–water partition coefficient (Wildman–Crippen LogP) is 3.22. The van der Waals surface area contributed by atoms with Crippen molar-refractivity contribution in [2.75, 3.05) is 10.6 Å². The SMILES string of the molecule is CCC(=O)Nc1ccc(Nc2ccc(Cl)cc2)nn1. The van der Waals surface area contributed by atoms with E-state index < -0.39 is 0 Å². The van der Waals surface area contributed by atoms with Crippen LogP contribution in [0.15, 0.2) is 36.4 Å². The molecule has 0 aliphatic rings. The summed E-state index contributed by atoms with van der Waals surface area (Å²) < 4.78 is 0. The Morgan fingerprint density at radius 1 is 1.11 bits per heavy atom. The fraction of sp³-hybridized carbons (Fsp3) is 0.154. The molecule has 1 aromatic heterocycles. The lowest BCUT2D eigenvalue weighted by Gasteiger charge is -2.06. The summed E-state index contributed by atoms with van der Waals surface area (Å²) in [6, 6.07) is 10.7. The molecule has 0 saturated heterocycles. The van der Waals surface area contributed by atoms with Crippen LogP contribution in [-0.2, 0) is 4.79 Å². The third-order valence-electron chi connectivity index (χ3n) is 2.37. The fourth-order valence-corrected chi connectivity index (χ4v) is 1.50. The molecular weight excluding hydrogens is 264 g/mol. The van der Waals surface area contributed by atoms with Gasteiger partial charge in [0.1, 0.15) is 0 Å². The highest BCUT2D eigenvalue weighted by molar-refractivity contribution is 6.30. The van der Waals surface area contributed by atoms with Gasteiger partial charge in [0.05, 0.1) is 0 Å². The molecule has 6 heteroatoms. The lowest BCUT2D eigenvalue weighted by molar-refractivity contribution is -0.115. The molecule has 2 N–H and O–H groups in total. The maximum atomic E-state index is 11.2. The highest BCUT2D eigenvalue weighted by Gasteiger charge is 2.02. The number of aromatic nitrogens is 2. The number of halogens is 1. The first-order valence-electron chi connectivity index (χ1n) is 5.83. The largest absolute Gasteiger partial charge is 0.339 e. The van der Waals surface area contributed by atoms with Crippen molar-refractivity contribution < 1.29 is 4.79 Å². The minimum Gasteiger partial charge on any atom is -0.339 e. The van der Waals surface area contributed by atoms with E-state index in [4.69, 9.17) is 11.6 Å². The number of benzene rings is 1. The van der Waals surface area contributed by atoms with Crippen molar-refractivity contribution in [3.63, 3.8) is 0 Å². The van der Waals surface area contributed by atoms with E-state index in [9.17, 15) is 4.79 Å². The molecule has 0 fully saturated rings. The van der Waals surface area contributed by atoms with Crippen LogP contribution in [-0.4, -0.2) is 16.1 Å². The molecule has 0 saturated carbocycles. The number of nitrogens with zero attached hydrogens (tertiary/aromatic N) is 2. The van der Waals surface area contributed by atoms with Crippen LogP contribution in [0.25, 0.3) is 0 Å². The zero-order valence-corrected chi connectivity index (χ0v) is 11.1. The summed E-state index contributed by atoms with van der Waals surface area (Å²) in [5.74, 6) is 0.943. The van der Waals surface area contributed by atoms with E-state index in [0.717, 1.165) is 5.69 Å². The molecule has 0 aliphatic heterocycles. The molecule has 2 aromatic rings. The summed E-state index contributed by atoms with van der Waals surface area (Å²) in [5.41, 5.74) is 0.865. The van der Waals surface area contributed by atoms with Crippen molar-refractivity contribution in [3.05, 3.63) is 41.4 Å². The number of rotatable bonds is 4. The van der Waals surface area contributed by atoms with Gasteiger partial charge >= 0.3 is 0 Å². The summed E-state index contributed by atoms with van der Waals surface area (Å²) in [5, 5.41) is 14.3. The number of hydrogen-bond donors (Lipinski definition) is 2. The summed E-state index contributed by atoms with van der Waals surface area (Å²) in [6.45, 7) is 1.78. The zero-order chi connectivity index (χ0) is 13.7. The predicted molar refractivity (Wildman–Crippen MR) is 75.7 cm³/mol. The Balaban J connectivity index is 2.02. The topological polar surface area (TPSA) is 66.9 Å². The smallest absolute Gasteiger partial charge is 0.225 e. The van der Waals surface area contributed by atoms with Gasteiger partial charge in [0.15, 0.2) is 11.6 Å². The Hall–Kier alpha value is -2.14. The molecule has 0 bridgehead atoms. The van der Waals surface area contributed by atoms with Gasteiger partial charge in [-0.1, -0.05) is 18.5 Å². The third kappa shape index (κ3) is 3.93. The second kappa shape index (κ2) is 6.15. The summed E-state index contributed by atoms with van der Waals surface area (Å²) in [6.07, 6.45) is 0.409. The van der Waals surface area contributed by atoms with Crippen LogP contribution < -0.4 is 10.6 Å². The van der Waals surface area contributed by atoms with Gasteiger partial charge in [-0.05, 0) is 36.4 Å². The first-order valence-corrected chi connectivity index (χ1v) is 6.21. The van der Waals surface area contributed by atoms with Crippen LogP contribution in [0.4, 0.5) is 17.3 Å². The average Bonchev–Trinajstić information content (AvgIpc) is 2.43. The van der Waals surface area contributed by atoms with E-state index in [1.165, 1.54) is 0 Å². The van der Waals surface area contributed by atoms with E-state index in [1.807, 2.05) is 12.1 Å². The molecule has 0 spiro atoms. The van der Waals surface area contributed by atoms with Crippen LogP contribution in [0.2, 0.25) is 5.02 Å². The van der Waals surface area contributed by atoms with Crippen LogP contribution in [0.3, 0.4) is 0 Å². The molecule has 1 amide bonds. The second-order valence-electron chi connectivity index (χ2n) is 3.84. The standard InChI is InChI=1S/C13H13ClN4O/c1-2-13(19)16-12-8-7-11(17-18-12)15-10-5-3-9(14)4-6-10/h3-8H,2H2,1H3,(H,15,17)(H,16,18,19). The number of nitrogens with one attached hydrogen (secondary N) is 2. The van der Waals surface area contributed by atoms with E-state index in [0.29, 0.717) is 23.1 Å². The minimum absolute atomic E-state index is 0.0901. The number of amides is 1. The normalized spacial score (nSPS) is 10.0. The quantitative estimate of drug-likeness (QED) is 0.900. The van der Waals surface area contributed by atoms with E-state index in [-0.39, 0.29) is 5.91 Å². The fourth-order valence-electron chi connectivity index (χ4n) is 1.38. The van der Waals surface area contributed by atoms with Crippen LogP contribution in [0.1, 0.15) is 13.3 Å². The number of anilines is 3. The molecule has 1 aromatic carbocycles. The van der Waals surface area contributed by atoms with Crippen LogP contribution in [0.5, 0.6) is 0 Å². The monoisotopic (exact) mass is 276 g/mol. The molecule has 0 aliphatic carbocycles. The van der Waals surface area contributed by atoms with Crippen molar-refractivity contribution in [1.29, 1.82) is 0 Å². The Labute approximate surface area is 116 Å². The first kappa shape index (κ1) is 13.3. The van der Waals surface area contributed by atoms with Crippen molar-refractivity contribution in [3.8, 4) is 0 Å². The lowest BCUT2D eigenvalue weighted by atomic mass is 10.3. The van der Waals surface area contributed by atoms with Crippen molar-refractivity contribution >= 4 is 34.8 Å². The van der Waals surface area contributed by atoms with Gasteiger partial charge < -0.3 is 10.6 Å².